The van der Waals surface area contributed by atoms with Crippen LogP contribution in [0.25, 0.3) is 0 Å². The lowest BCUT2D eigenvalue weighted by atomic mass is 10.4. The lowest BCUT2D eigenvalue weighted by molar-refractivity contribution is -0.113. The number of nitrogens with zero attached hydrogens (tertiary/aromatic N) is 1. The third-order valence-electron chi connectivity index (χ3n) is 1.29. The van der Waals surface area contributed by atoms with Gasteiger partial charge in [-0.05, 0) is 18.4 Å². The molecule has 1 amide bonds. The molecule has 0 bridgehead atoms. The number of halogens is 1. The van der Waals surface area contributed by atoms with Crippen molar-refractivity contribution in [3.63, 3.8) is 0 Å². The summed E-state index contributed by atoms with van der Waals surface area (Å²) in [7, 11) is 0. The topological polar surface area (TPSA) is 42.0 Å². The number of rotatable bonds is 3. The van der Waals surface area contributed by atoms with E-state index < -0.39 is 0 Å². The van der Waals surface area contributed by atoms with Crippen molar-refractivity contribution in [1.29, 1.82) is 0 Å². The van der Waals surface area contributed by atoms with Gasteiger partial charge in [0.05, 0.1) is 10.8 Å². The minimum absolute atomic E-state index is 0.0897. The third kappa shape index (κ3) is 3.24. The molecule has 0 fully saturated rings. The summed E-state index contributed by atoms with van der Waals surface area (Å²) in [6, 6.07) is 3.40. The Morgan fingerprint density at radius 2 is 2.54 bits per heavy atom. The van der Waals surface area contributed by atoms with Crippen LogP contribution in [0.3, 0.4) is 0 Å². The highest BCUT2D eigenvalue weighted by Gasteiger charge is 2.04. The van der Waals surface area contributed by atoms with Gasteiger partial charge in [0.1, 0.15) is 0 Å². The fraction of sp³-hybridized carbons (Fsp3) is 0.250. The van der Waals surface area contributed by atoms with E-state index in [-0.39, 0.29) is 5.91 Å². The Morgan fingerprint density at radius 1 is 1.77 bits per heavy atom. The number of anilines is 1. The van der Waals surface area contributed by atoms with Crippen LogP contribution >= 0.6 is 23.4 Å². The predicted molar refractivity (Wildman–Crippen MR) is 56.3 cm³/mol. The van der Waals surface area contributed by atoms with E-state index in [0.717, 1.165) is 0 Å². The van der Waals surface area contributed by atoms with Crippen LogP contribution < -0.4 is 5.32 Å². The molecule has 0 spiro atoms. The third-order valence-corrected chi connectivity index (χ3v) is 2.15. The molecule has 1 aromatic rings. The smallest absolute Gasteiger partial charge is 0.235 e. The SMILES string of the molecule is CSCC(=O)Nc1ncccc1Cl. The van der Waals surface area contributed by atoms with Crippen LogP contribution in [0.5, 0.6) is 0 Å². The number of carbonyl (C=O) groups excluding carboxylic acids is 1. The molecule has 0 atom stereocenters. The molecule has 0 aliphatic heterocycles. The standard InChI is InChI=1S/C8H9ClN2OS/c1-13-5-7(12)11-8-6(9)3-2-4-10-8/h2-4H,5H2,1H3,(H,10,11,12). The fourth-order valence-corrected chi connectivity index (χ4v) is 1.28. The van der Waals surface area contributed by atoms with Crippen molar-refractivity contribution in [3.8, 4) is 0 Å². The summed E-state index contributed by atoms with van der Waals surface area (Å²) in [5.74, 6) is 0.740. The summed E-state index contributed by atoms with van der Waals surface area (Å²) in [6.45, 7) is 0. The Bertz CT molecular complexity index is 306. The molecular formula is C8H9ClN2OS. The first kappa shape index (κ1) is 10.3. The van der Waals surface area contributed by atoms with E-state index in [0.29, 0.717) is 16.6 Å². The number of carbonyl (C=O) groups is 1. The van der Waals surface area contributed by atoms with Gasteiger partial charge < -0.3 is 5.32 Å². The molecule has 0 saturated carbocycles. The van der Waals surface area contributed by atoms with E-state index in [1.54, 1.807) is 18.3 Å². The van der Waals surface area contributed by atoms with Crippen LogP contribution in [0.4, 0.5) is 5.82 Å². The van der Waals surface area contributed by atoms with Gasteiger partial charge in [-0.1, -0.05) is 11.6 Å². The summed E-state index contributed by atoms with van der Waals surface area (Å²) in [5.41, 5.74) is 0. The molecule has 1 rings (SSSR count). The number of pyridine rings is 1. The van der Waals surface area contributed by atoms with Gasteiger partial charge in [0.2, 0.25) is 5.91 Å². The monoisotopic (exact) mass is 216 g/mol. The molecule has 0 saturated heterocycles. The molecular weight excluding hydrogens is 208 g/mol. The molecule has 5 heteroatoms. The number of nitrogens with one attached hydrogen (secondary N) is 1. The van der Waals surface area contributed by atoms with E-state index in [4.69, 9.17) is 11.6 Å². The largest absolute Gasteiger partial charge is 0.309 e. The van der Waals surface area contributed by atoms with E-state index in [9.17, 15) is 4.79 Å². The fourth-order valence-electron chi connectivity index (χ4n) is 0.777. The maximum atomic E-state index is 11.1. The van der Waals surface area contributed by atoms with Crippen molar-refractivity contribution in [2.24, 2.45) is 0 Å². The number of hydrogen-bond acceptors (Lipinski definition) is 3. The highest BCUT2D eigenvalue weighted by Crippen LogP contribution is 2.17. The van der Waals surface area contributed by atoms with E-state index in [2.05, 4.69) is 10.3 Å². The van der Waals surface area contributed by atoms with Gasteiger partial charge >= 0.3 is 0 Å². The van der Waals surface area contributed by atoms with E-state index >= 15 is 0 Å². The minimum Gasteiger partial charge on any atom is -0.309 e. The Labute approximate surface area is 85.9 Å². The molecule has 0 aliphatic carbocycles. The van der Waals surface area contributed by atoms with Crippen LogP contribution in [-0.4, -0.2) is 22.9 Å². The molecule has 0 radical (unpaired) electrons. The van der Waals surface area contributed by atoms with Crippen molar-refractivity contribution in [1.82, 2.24) is 4.98 Å². The highest BCUT2D eigenvalue weighted by atomic mass is 35.5. The number of thioether (sulfide) groups is 1. The van der Waals surface area contributed by atoms with Crippen molar-refractivity contribution in [2.75, 3.05) is 17.3 Å². The zero-order chi connectivity index (χ0) is 9.68. The number of aromatic nitrogens is 1. The van der Waals surface area contributed by atoms with Crippen molar-refractivity contribution in [2.45, 2.75) is 0 Å². The highest BCUT2D eigenvalue weighted by molar-refractivity contribution is 7.99. The minimum atomic E-state index is -0.0897. The summed E-state index contributed by atoms with van der Waals surface area (Å²) in [5, 5.41) is 3.06. The quantitative estimate of drug-likeness (QED) is 0.841. The van der Waals surface area contributed by atoms with Crippen LogP contribution in [0.2, 0.25) is 5.02 Å². The van der Waals surface area contributed by atoms with Gasteiger partial charge in [-0.3, -0.25) is 4.79 Å². The van der Waals surface area contributed by atoms with Crippen molar-refractivity contribution < 1.29 is 4.79 Å². The van der Waals surface area contributed by atoms with Crippen molar-refractivity contribution in [3.05, 3.63) is 23.4 Å². The zero-order valence-corrected chi connectivity index (χ0v) is 8.65. The van der Waals surface area contributed by atoms with Crippen LogP contribution in [0, 0.1) is 0 Å². The van der Waals surface area contributed by atoms with Gasteiger partial charge in [-0.15, -0.1) is 0 Å². The normalized spacial score (nSPS) is 9.69. The first-order chi connectivity index (χ1) is 6.24. The van der Waals surface area contributed by atoms with Crippen molar-refractivity contribution >= 4 is 35.1 Å². The summed E-state index contributed by atoms with van der Waals surface area (Å²) in [6.07, 6.45) is 3.44. The first-order valence-electron chi connectivity index (χ1n) is 3.63. The zero-order valence-electron chi connectivity index (χ0n) is 7.08. The van der Waals surface area contributed by atoms with E-state index in [1.165, 1.54) is 11.8 Å². The van der Waals surface area contributed by atoms with E-state index in [1.807, 2.05) is 6.26 Å². The Kier molecular flexibility index (Phi) is 4.05. The molecule has 0 unspecified atom stereocenters. The second-order valence-corrected chi connectivity index (χ2v) is 3.59. The molecule has 1 heterocycles. The molecule has 1 aromatic heterocycles. The van der Waals surface area contributed by atoms with Gasteiger partial charge in [0, 0.05) is 6.20 Å². The Hall–Kier alpha value is -0.740. The Balaban J connectivity index is 2.63. The molecule has 0 aliphatic rings. The maximum absolute atomic E-state index is 11.1. The molecule has 0 aromatic carbocycles. The van der Waals surface area contributed by atoms with Crippen LogP contribution in [0.15, 0.2) is 18.3 Å². The summed E-state index contributed by atoms with van der Waals surface area (Å²) >= 11 is 7.24. The predicted octanol–water partition coefficient (Wildman–Crippen LogP) is 2.04. The van der Waals surface area contributed by atoms with Gasteiger partial charge in [0.25, 0.3) is 0 Å². The second kappa shape index (κ2) is 5.09. The average Bonchev–Trinajstić information content (AvgIpc) is 2.09. The number of amides is 1. The van der Waals surface area contributed by atoms with Gasteiger partial charge in [0.15, 0.2) is 5.82 Å². The van der Waals surface area contributed by atoms with Gasteiger partial charge in [-0.25, -0.2) is 4.98 Å². The lowest BCUT2D eigenvalue weighted by Gasteiger charge is -2.03. The second-order valence-electron chi connectivity index (χ2n) is 2.32. The summed E-state index contributed by atoms with van der Waals surface area (Å²) in [4.78, 5) is 15.1. The molecule has 13 heavy (non-hydrogen) atoms. The molecule has 1 N–H and O–H groups in total. The van der Waals surface area contributed by atoms with Gasteiger partial charge in [-0.2, -0.15) is 11.8 Å². The molecule has 70 valence electrons. The maximum Gasteiger partial charge on any atom is 0.235 e. The van der Waals surface area contributed by atoms with Crippen LogP contribution in [-0.2, 0) is 4.79 Å². The molecule has 3 nitrogen and oxygen atoms in total. The summed E-state index contributed by atoms with van der Waals surface area (Å²) < 4.78 is 0. The van der Waals surface area contributed by atoms with Crippen LogP contribution in [0.1, 0.15) is 0 Å². The Morgan fingerprint density at radius 3 is 3.15 bits per heavy atom. The first-order valence-corrected chi connectivity index (χ1v) is 5.40. The average molecular weight is 217 g/mol. The number of hydrogen-bond donors (Lipinski definition) is 1. The lowest BCUT2D eigenvalue weighted by Crippen LogP contribution is -2.14.